The number of allylic oxidation sites excluding steroid dienone is 10. The molecule has 1 atom stereocenters. The van der Waals surface area contributed by atoms with Crippen molar-refractivity contribution in [3.8, 4) is 0 Å². The van der Waals surface area contributed by atoms with E-state index in [1.807, 2.05) is 0 Å². The maximum Gasteiger partial charge on any atom is 0.306 e. The summed E-state index contributed by atoms with van der Waals surface area (Å²) in [5.41, 5.74) is 0. The lowest BCUT2D eigenvalue weighted by molar-refractivity contribution is -0.167. The van der Waals surface area contributed by atoms with E-state index in [1.165, 1.54) is 270 Å². The Labute approximate surface area is 510 Å². The quantitative estimate of drug-likeness (QED) is 0.0261. The van der Waals surface area contributed by atoms with Gasteiger partial charge in [-0.25, -0.2) is 0 Å². The second-order valence-corrected chi connectivity index (χ2v) is 24.5. The highest BCUT2D eigenvalue weighted by Gasteiger charge is 2.19. The molecular formula is C76H138O6. The van der Waals surface area contributed by atoms with Gasteiger partial charge in [0.25, 0.3) is 0 Å². The third-order valence-electron chi connectivity index (χ3n) is 16.2. The molecular weight excluding hydrogens is 1010 g/mol. The van der Waals surface area contributed by atoms with Gasteiger partial charge in [0.1, 0.15) is 13.2 Å². The van der Waals surface area contributed by atoms with Crippen LogP contribution in [0.4, 0.5) is 0 Å². The van der Waals surface area contributed by atoms with Crippen molar-refractivity contribution in [3.05, 3.63) is 60.8 Å². The van der Waals surface area contributed by atoms with Crippen LogP contribution in [-0.4, -0.2) is 37.2 Å². The molecule has 0 heterocycles. The zero-order chi connectivity index (χ0) is 59.2. The van der Waals surface area contributed by atoms with Crippen LogP contribution in [0.1, 0.15) is 387 Å². The Bertz CT molecular complexity index is 1460. The summed E-state index contributed by atoms with van der Waals surface area (Å²) >= 11 is 0. The largest absolute Gasteiger partial charge is 0.462 e. The Hall–Kier alpha value is -2.89. The fourth-order valence-corrected chi connectivity index (χ4v) is 10.7. The molecule has 0 aliphatic rings. The third kappa shape index (κ3) is 67.9. The van der Waals surface area contributed by atoms with Crippen molar-refractivity contribution in [2.75, 3.05) is 13.2 Å². The van der Waals surface area contributed by atoms with Gasteiger partial charge in [-0.2, -0.15) is 0 Å². The Balaban J connectivity index is 4.25. The number of carbonyl (C=O) groups is 3. The number of hydrogen-bond donors (Lipinski definition) is 0. The molecule has 0 aromatic rings. The first-order valence-electron chi connectivity index (χ1n) is 36.3. The molecule has 0 saturated heterocycles. The number of rotatable bonds is 67. The van der Waals surface area contributed by atoms with Gasteiger partial charge in [-0.15, -0.1) is 0 Å². The molecule has 0 aromatic carbocycles. The predicted octanol–water partition coefficient (Wildman–Crippen LogP) is 25.1. The highest BCUT2D eigenvalue weighted by molar-refractivity contribution is 5.71. The van der Waals surface area contributed by atoms with Crippen molar-refractivity contribution in [2.24, 2.45) is 0 Å². The first kappa shape index (κ1) is 79.1. The standard InChI is InChI=1S/C76H138O6/c1-4-7-10-13-16-19-22-25-28-31-33-34-35-36-37-38-39-40-41-42-44-45-48-51-54-57-60-63-66-69-75(78)81-72-73(71-80-74(77)68-65-62-59-56-53-50-47-30-27-24-21-18-15-12-9-6-3)82-76(79)70-67-64-61-58-55-52-49-46-43-32-29-26-23-20-17-14-11-8-5-2/h17,20,22,25-26,29-31,33,47,73H,4-16,18-19,21,23-24,27-28,32,34-46,48-72H2,1-3H3/b20-17-,25-22-,29-26-,33-31-,47-30-. The van der Waals surface area contributed by atoms with E-state index in [4.69, 9.17) is 14.2 Å². The molecule has 0 aliphatic carbocycles. The van der Waals surface area contributed by atoms with E-state index in [2.05, 4.69) is 81.5 Å². The van der Waals surface area contributed by atoms with E-state index >= 15 is 0 Å². The molecule has 0 spiro atoms. The topological polar surface area (TPSA) is 78.9 Å². The van der Waals surface area contributed by atoms with Crippen LogP contribution < -0.4 is 0 Å². The van der Waals surface area contributed by atoms with Gasteiger partial charge in [0.15, 0.2) is 6.10 Å². The van der Waals surface area contributed by atoms with Crippen molar-refractivity contribution >= 4 is 17.9 Å². The minimum absolute atomic E-state index is 0.0749. The number of carbonyl (C=O) groups excluding carboxylic acids is 3. The van der Waals surface area contributed by atoms with Crippen molar-refractivity contribution in [1.29, 1.82) is 0 Å². The lowest BCUT2D eigenvalue weighted by Gasteiger charge is -2.18. The fraction of sp³-hybridized carbons (Fsp3) is 0.829. The third-order valence-corrected chi connectivity index (χ3v) is 16.2. The zero-order valence-electron chi connectivity index (χ0n) is 55.0. The van der Waals surface area contributed by atoms with Crippen LogP contribution in [0, 0.1) is 0 Å². The summed E-state index contributed by atoms with van der Waals surface area (Å²) in [6, 6.07) is 0. The van der Waals surface area contributed by atoms with Gasteiger partial charge >= 0.3 is 17.9 Å². The van der Waals surface area contributed by atoms with E-state index in [0.29, 0.717) is 19.3 Å². The van der Waals surface area contributed by atoms with Crippen molar-refractivity contribution < 1.29 is 28.6 Å². The van der Waals surface area contributed by atoms with Gasteiger partial charge in [-0.05, 0) is 109 Å². The van der Waals surface area contributed by atoms with Gasteiger partial charge < -0.3 is 14.2 Å². The van der Waals surface area contributed by atoms with E-state index in [-0.39, 0.29) is 31.1 Å². The van der Waals surface area contributed by atoms with Crippen LogP contribution in [0.2, 0.25) is 0 Å². The summed E-state index contributed by atoms with van der Waals surface area (Å²) < 4.78 is 17.0. The summed E-state index contributed by atoms with van der Waals surface area (Å²) in [4.78, 5) is 38.5. The molecule has 1 unspecified atom stereocenters. The molecule has 0 bridgehead atoms. The van der Waals surface area contributed by atoms with Crippen LogP contribution in [0.5, 0.6) is 0 Å². The molecule has 0 aliphatic heterocycles. The highest BCUT2D eigenvalue weighted by Crippen LogP contribution is 2.18. The van der Waals surface area contributed by atoms with Crippen molar-refractivity contribution in [3.63, 3.8) is 0 Å². The predicted molar refractivity (Wildman–Crippen MR) is 358 cm³/mol. The average Bonchev–Trinajstić information content (AvgIpc) is 3.47. The Morgan fingerprint density at radius 3 is 0.707 bits per heavy atom. The van der Waals surface area contributed by atoms with Crippen LogP contribution in [0.25, 0.3) is 0 Å². The number of esters is 3. The summed E-state index contributed by atoms with van der Waals surface area (Å²) in [6.45, 7) is 6.65. The highest BCUT2D eigenvalue weighted by atomic mass is 16.6. The zero-order valence-corrected chi connectivity index (χ0v) is 55.0. The molecule has 82 heavy (non-hydrogen) atoms. The molecule has 0 radical (unpaired) electrons. The molecule has 0 amide bonds. The van der Waals surface area contributed by atoms with E-state index < -0.39 is 6.10 Å². The van der Waals surface area contributed by atoms with Gasteiger partial charge in [-0.1, -0.05) is 319 Å². The molecule has 6 nitrogen and oxygen atoms in total. The Morgan fingerprint density at radius 1 is 0.244 bits per heavy atom. The molecule has 6 heteroatoms. The average molecular weight is 1150 g/mol. The summed E-state index contributed by atoms with van der Waals surface area (Å²) in [6.07, 6.45) is 91.1. The number of hydrogen-bond acceptors (Lipinski definition) is 6. The van der Waals surface area contributed by atoms with Crippen LogP contribution >= 0.6 is 0 Å². The van der Waals surface area contributed by atoms with Gasteiger partial charge in [0, 0.05) is 19.3 Å². The van der Waals surface area contributed by atoms with Crippen molar-refractivity contribution in [2.45, 2.75) is 393 Å². The summed E-state index contributed by atoms with van der Waals surface area (Å²) in [5, 5.41) is 0. The smallest absolute Gasteiger partial charge is 0.306 e. The number of unbranched alkanes of at least 4 members (excludes halogenated alkanes) is 46. The second-order valence-electron chi connectivity index (χ2n) is 24.5. The minimum atomic E-state index is -0.780. The first-order chi connectivity index (χ1) is 40.5. The number of ether oxygens (including phenoxy) is 3. The van der Waals surface area contributed by atoms with E-state index in [9.17, 15) is 14.4 Å². The lowest BCUT2D eigenvalue weighted by Crippen LogP contribution is -2.30. The van der Waals surface area contributed by atoms with Crippen LogP contribution in [-0.2, 0) is 28.6 Å². The van der Waals surface area contributed by atoms with Crippen molar-refractivity contribution in [1.82, 2.24) is 0 Å². The lowest BCUT2D eigenvalue weighted by atomic mass is 10.0. The Morgan fingerprint density at radius 2 is 0.439 bits per heavy atom. The fourth-order valence-electron chi connectivity index (χ4n) is 10.7. The maximum absolute atomic E-state index is 13.0. The molecule has 0 aromatic heterocycles. The molecule has 478 valence electrons. The SMILES string of the molecule is CCCCC/C=C\C/C=C\CCCCCCCCCCCC(=O)OC(COC(=O)CCCCCCC/C=C\CCCCCCCCC)COC(=O)CCCCCCCCCCCCCCCCCCC/C=C\C/C=C\CCCCCCC. The monoisotopic (exact) mass is 1150 g/mol. The second kappa shape index (κ2) is 70.6. The molecule has 0 rings (SSSR count). The molecule has 0 N–H and O–H groups in total. The van der Waals surface area contributed by atoms with Gasteiger partial charge in [-0.3, -0.25) is 14.4 Å². The van der Waals surface area contributed by atoms with Crippen LogP contribution in [0.3, 0.4) is 0 Å². The van der Waals surface area contributed by atoms with E-state index in [0.717, 1.165) is 77.0 Å². The van der Waals surface area contributed by atoms with Crippen LogP contribution in [0.15, 0.2) is 60.8 Å². The summed E-state index contributed by atoms with van der Waals surface area (Å²) in [7, 11) is 0. The van der Waals surface area contributed by atoms with Gasteiger partial charge in [0.05, 0.1) is 0 Å². The molecule has 0 saturated carbocycles. The normalized spacial score (nSPS) is 12.4. The minimum Gasteiger partial charge on any atom is -0.462 e. The van der Waals surface area contributed by atoms with E-state index in [1.54, 1.807) is 0 Å². The maximum atomic E-state index is 13.0. The molecule has 0 fully saturated rings. The summed E-state index contributed by atoms with van der Waals surface area (Å²) in [5.74, 6) is -0.863. The Kier molecular flexibility index (Phi) is 68.1. The first-order valence-corrected chi connectivity index (χ1v) is 36.3. The van der Waals surface area contributed by atoms with Gasteiger partial charge in [0.2, 0.25) is 0 Å².